The van der Waals surface area contributed by atoms with E-state index in [9.17, 15) is 9.59 Å². The van der Waals surface area contributed by atoms with Gasteiger partial charge in [-0.15, -0.1) is 0 Å². The Morgan fingerprint density at radius 1 is 1.26 bits per heavy atom. The SMILES string of the molecule is CCN1CCCN(C(=O)c2c(Cl)c3ccccc3n2C)CC1=O. The van der Waals surface area contributed by atoms with Crippen LogP contribution in [0.2, 0.25) is 5.02 Å². The second-order valence-corrected chi connectivity index (χ2v) is 6.17. The highest BCUT2D eigenvalue weighted by Gasteiger charge is 2.28. The van der Waals surface area contributed by atoms with Crippen LogP contribution in [-0.4, -0.2) is 52.4 Å². The second-order valence-electron chi connectivity index (χ2n) is 5.79. The molecule has 1 aromatic heterocycles. The number of carbonyl (C=O) groups excluding carboxylic acids is 2. The summed E-state index contributed by atoms with van der Waals surface area (Å²) in [6.45, 7) is 4.01. The van der Waals surface area contributed by atoms with Gasteiger partial charge in [-0.05, 0) is 19.4 Å². The van der Waals surface area contributed by atoms with Crippen LogP contribution < -0.4 is 0 Å². The molecule has 0 atom stereocenters. The summed E-state index contributed by atoms with van der Waals surface area (Å²) < 4.78 is 1.81. The molecule has 0 N–H and O–H groups in total. The van der Waals surface area contributed by atoms with E-state index in [0.717, 1.165) is 17.3 Å². The van der Waals surface area contributed by atoms with E-state index in [1.54, 1.807) is 9.80 Å². The number of carbonyl (C=O) groups is 2. The molecule has 3 rings (SSSR count). The highest BCUT2D eigenvalue weighted by molar-refractivity contribution is 6.38. The van der Waals surface area contributed by atoms with Crippen LogP contribution in [0, 0.1) is 0 Å². The fourth-order valence-electron chi connectivity index (χ4n) is 3.16. The van der Waals surface area contributed by atoms with Crippen molar-refractivity contribution < 1.29 is 9.59 Å². The van der Waals surface area contributed by atoms with E-state index in [1.807, 2.05) is 42.8 Å². The van der Waals surface area contributed by atoms with E-state index in [0.29, 0.717) is 30.4 Å². The Balaban J connectivity index is 1.96. The molecule has 2 heterocycles. The van der Waals surface area contributed by atoms with Gasteiger partial charge in [-0.1, -0.05) is 29.8 Å². The number of likely N-dealkylation sites (N-methyl/N-ethyl adjacent to an activating group) is 1. The molecule has 1 aliphatic heterocycles. The van der Waals surface area contributed by atoms with Gasteiger partial charge in [0.1, 0.15) is 12.2 Å². The molecule has 2 amide bonds. The lowest BCUT2D eigenvalue weighted by Gasteiger charge is -2.21. The van der Waals surface area contributed by atoms with E-state index in [4.69, 9.17) is 11.6 Å². The minimum atomic E-state index is -0.181. The summed E-state index contributed by atoms with van der Waals surface area (Å²) in [4.78, 5) is 28.6. The van der Waals surface area contributed by atoms with Gasteiger partial charge in [-0.2, -0.15) is 0 Å². The molecule has 1 saturated heterocycles. The zero-order chi connectivity index (χ0) is 16.6. The Morgan fingerprint density at radius 3 is 2.70 bits per heavy atom. The minimum Gasteiger partial charge on any atom is -0.341 e. The van der Waals surface area contributed by atoms with Crippen molar-refractivity contribution in [3.05, 3.63) is 35.0 Å². The van der Waals surface area contributed by atoms with Crippen molar-refractivity contribution in [2.75, 3.05) is 26.2 Å². The molecular weight excluding hydrogens is 314 g/mol. The predicted molar refractivity (Wildman–Crippen MR) is 90.7 cm³/mol. The first-order chi connectivity index (χ1) is 11.0. The zero-order valence-electron chi connectivity index (χ0n) is 13.4. The number of para-hydroxylation sites is 1. The van der Waals surface area contributed by atoms with E-state index >= 15 is 0 Å². The maximum atomic E-state index is 13.0. The van der Waals surface area contributed by atoms with Gasteiger partial charge in [0, 0.05) is 37.6 Å². The van der Waals surface area contributed by atoms with Crippen LogP contribution >= 0.6 is 11.6 Å². The van der Waals surface area contributed by atoms with Crippen LogP contribution in [0.1, 0.15) is 23.8 Å². The number of hydrogen-bond acceptors (Lipinski definition) is 2. The summed E-state index contributed by atoms with van der Waals surface area (Å²) in [5.74, 6) is -0.187. The largest absolute Gasteiger partial charge is 0.341 e. The molecule has 2 aromatic rings. The fourth-order valence-corrected chi connectivity index (χ4v) is 3.53. The Labute approximate surface area is 140 Å². The number of benzene rings is 1. The molecule has 122 valence electrons. The normalized spacial score (nSPS) is 16.0. The first-order valence-corrected chi connectivity index (χ1v) is 8.22. The number of nitrogens with zero attached hydrogens (tertiary/aromatic N) is 3. The third-order valence-corrected chi connectivity index (χ3v) is 4.83. The van der Waals surface area contributed by atoms with Crippen molar-refractivity contribution in [3.63, 3.8) is 0 Å². The van der Waals surface area contributed by atoms with Crippen LogP contribution in [0.15, 0.2) is 24.3 Å². The van der Waals surface area contributed by atoms with Gasteiger partial charge in [0.15, 0.2) is 0 Å². The molecule has 0 radical (unpaired) electrons. The average Bonchev–Trinajstić information content (AvgIpc) is 2.70. The molecule has 23 heavy (non-hydrogen) atoms. The van der Waals surface area contributed by atoms with Crippen molar-refractivity contribution >= 4 is 34.3 Å². The molecule has 0 spiro atoms. The van der Waals surface area contributed by atoms with Gasteiger partial charge in [-0.25, -0.2) is 0 Å². The van der Waals surface area contributed by atoms with Crippen molar-refractivity contribution in [1.82, 2.24) is 14.4 Å². The minimum absolute atomic E-state index is 0.00626. The fraction of sp³-hybridized carbons (Fsp3) is 0.412. The molecule has 5 nitrogen and oxygen atoms in total. The van der Waals surface area contributed by atoms with Gasteiger partial charge in [0.05, 0.1) is 5.02 Å². The van der Waals surface area contributed by atoms with E-state index in [2.05, 4.69) is 0 Å². The highest BCUT2D eigenvalue weighted by atomic mass is 35.5. The van der Waals surface area contributed by atoms with Gasteiger partial charge < -0.3 is 14.4 Å². The first kappa shape index (κ1) is 15.9. The number of aromatic nitrogens is 1. The molecule has 0 unspecified atom stereocenters. The lowest BCUT2D eigenvalue weighted by Crippen LogP contribution is -2.39. The number of rotatable bonds is 2. The zero-order valence-corrected chi connectivity index (χ0v) is 14.1. The van der Waals surface area contributed by atoms with E-state index < -0.39 is 0 Å². The summed E-state index contributed by atoms with van der Waals surface area (Å²) in [6, 6.07) is 7.66. The van der Waals surface area contributed by atoms with Crippen molar-refractivity contribution in [1.29, 1.82) is 0 Å². The molecule has 0 saturated carbocycles. The van der Waals surface area contributed by atoms with Crippen molar-refractivity contribution in [3.8, 4) is 0 Å². The summed E-state index contributed by atoms with van der Waals surface area (Å²) in [7, 11) is 1.83. The molecule has 1 fully saturated rings. The van der Waals surface area contributed by atoms with Gasteiger partial charge in [0.2, 0.25) is 5.91 Å². The van der Waals surface area contributed by atoms with Gasteiger partial charge >= 0.3 is 0 Å². The standard InChI is InChI=1S/C17H20ClN3O2/c1-3-20-9-6-10-21(11-14(20)22)17(23)16-15(18)12-7-4-5-8-13(12)19(16)2/h4-5,7-8H,3,6,9-11H2,1-2H3. The van der Waals surface area contributed by atoms with Crippen molar-refractivity contribution in [2.24, 2.45) is 7.05 Å². The summed E-state index contributed by atoms with van der Waals surface area (Å²) >= 11 is 6.45. The first-order valence-electron chi connectivity index (χ1n) is 7.84. The average molecular weight is 334 g/mol. The molecule has 0 aliphatic carbocycles. The Bertz CT molecular complexity index is 730. The molecule has 1 aliphatic rings. The predicted octanol–water partition coefficient (Wildman–Crippen LogP) is 2.53. The third kappa shape index (κ3) is 2.70. The Kier molecular flexibility index (Phi) is 4.31. The van der Waals surface area contributed by atoms with Crippen LogP contribution in [0.3, 0.4) is 0 Å². The number of amides is 2. The number of halogens is 1. The Morgan fingerprint density at radius 2 is 2.00 bits per heavy atom. The van der Waals surface area contributed by atoms with Crippen LogP contribution in [-0.2, 0) is 11.8 Å². The van der Waals surface area contributed by atoms with Crippen molar-refractivity contribution in [2.45, 2.75) is 13.3 Å². The number of fused-ring (bicyclic) bond motifs is 1. The summed E-state index contributed by atoms with van der Waals surface area (Å²) in [6.07, 6.45) is 0.785. The van der Waals surface area contributed by atoms with Crippen LogP contribution in [0.5, 0.6) is 0 Å². The highest BCUT2D eigenvalue weighted by Crippen LogP contribution is 2.30. The van der Waals surface area contributed by atoms with Gasteiger partial charge in [-0.3, -0.25) is 9.59 Å². The number of hydrogen-bond donors (Lipinski definition) is 0. The topological polar surface area (TPSA) is 45.5 Å². The van der Waals surface area contributed by atoms with Crippen LogP contribution in [0.4, 0.5) is 0 Å². The van der Waals surface area contributed by atoms with Crippen LogP contribution in [0.25, 0.3) is 10.9 Å². The molecule has 1 aromatic carbocycles. The lowest BCUT2D eigenvalue weighted by molar-refractivity contribution is -0.130. The monoisotopic (exact) mass is 333 g/mol. The maximum Gasteiger partial charge on any atom is 0.272 e. The Hall–Kier alpha value is -2.01. The molecule has 0 bridgehead atoms. The third-order valence-electron chi connectivity index (χ3n) is 4.45. The quantitative estimate of drug-likeness (QED) is 0.847. The summed E-state index contributed by atoms with van der Waals surface area (Å²) in [5, 5.41) is 1.31. The molecule has 6 heteroatoms. The van der Waals surface area contributed by atoms with E-state index in [-0.39, 0.29) is 18.4 Å². The maximum absolute atomic E-state index is 13.0. The lowest BCUT2D eigenvalue weighted by atomic mass is 10.2. The molecular formula is C17H20ClN3O2. The number of aryl methyl sites for hydroxylation is 1. The second kappa shape index (κ2) is 6.24. The van der Waals surface area contributed by atoms with E-state index in [1.165, 1.54) is 0 Å². The summed E-state index contributed by atoms with van der Waals surface area (Å²) in [5.41, 5.74) is 1.36. The van der Waals surface area contributed by atoms with Gasteiger partial charge in [0.25, 0.3) is 5.91 Å². The smallest absolute Gasteiger partial charge is 0.272 e.